The number of hydrogen-bond donors (Lipinski definition) is 1. The first kappa shape index (κ1) is 13.8. The van der Waals surface area contributed by atoms with E-state index in [1.54, 1.807) is 7.05 Å². The summed E-state index contributed by atoms with van der Waals surface area (Å²) in [5, 5.41) is 2.88. The zero-order valence-electron chi connectivity index (χ0n) is 10.1. The van der Waals surface area contributed by atoms with Crippen LogP contribution in [0.5, 0.6) is 5.75 Å². The first-order chi connectivity index (χ1) is 7.90. The Morgan fingerprint density at radius 2 is 2.00 bits per heavy atom. The molecule has 17 heavy (non-hydrogen) atoms. The molecule has 2 nitrogen and oxygen atoms in total. The number of nitrogens with one attached hydrogen (secondary N) is 1. The largest absolute Gasteiger partial charge is 0.493 e. The molecule has 0 atom stereocenters. The zero-order chi connectivity index (χ0) is 13.1. The van der Waals surface area contributed by atoms with Crippen LogP contribution < -0.4 is 10.1 Å². The summed E-state index contributed by atoms with van der Waals surface area (Å²) in [4.78, 5) is 0. The predicted octanol–water partition coefficient (Wildman–Crippen LogP) is 2.71. The average molecular weight is 247 g/mol. The van der Waals surface area contributed by atoms with E-state index in [9.17, 15) is 13.2 Å². The molecule has 0 aliphatic carbocycles. The fourth-order valence-electron chi connectivity index (χ4n) is 1.58. The van der Waals surface area contributed by atoms with Crippen molar-refractivity contribution >= 4 is 0 Å². The SMILES string of the molecule is CNCCc1cc(C(C)(F)F)cc(F)c1OC. The third-order valence-corrected chi connectivity index (χ3v) is 2.48. The summed E-state index contributed by atoms with van der Waals surface area (Å²) in [5.74, 6) is -3.77. The molecule has 0 aliphatic rings. The second-order valence-corrected chi connectivity index (χ2v) is 3.89. The maximum absolute atomic E-state index is 13.6. The van der Waals surface area contributed by atoms with Crippen molar-refractivity contribution in [3.05, 3.63) is 29.1 Å². The Hall–Kier alpha value is -1.23. The van der Waals surface area contributed by atoms with Gasteiger partial charge in [-0.3, -0.25) is 0 Å². The van der Waals surface area contributed by atoms with Crippen molar-refractivity contribution in [2.75, 3.05) is 20.7 Å². The molecule has 0 spiro atoms. The highest BCUT2D eigenvalue weighted by atomic mass is 19.3. The lowest BCUT2D eigenvalue weighted by molar-refractivity contribution is 0.0170. The van der Waals surface area contributed by atoms with E-state index < -0.39 is 11.7 Å². The fourth-order valence-corrected chi connectivity index (χ4v) is 1.58. The summed E-state index contributed by atoms with van der Waals surface area (Å²) in [6, 6.07) is 2.11. The quantitative estimate of drug-likeness (QED) is 0.863. The van der Waals surface area contributed by atoms with Crippen LogP contribution in [0.25, 0.3) is 0 Å². The Bertz CT molecular complexity index is 388. The minimum Gasteiger partial charge on any atom is -0.493 e. The third-order valence-electron chi connectivity index (χ3n) is 2.48. The molecule has 0 amide bonds. The van der Waals surface area contributed by atoms with Crippen LogP contribution in [0.3, 0.4) is 0 Å². The molecule has 0 unspecified atom stereocenters. The number of hydrogen-bond acceptors (Lipinski definition) is 2. The van der Waals surface area contributed by atoms with Gasteiger partial charge < -0.3 is 10.1 Å². The van der Waals surface area contributed by atoms with Gasteiger partial charge in [-0.15, -0.1) is 0 Å². The Labute approximate surface area is 98.8 Å². The first-order valence-electron chi connectivity index (χ1n) is 5.29. The molecule has 0 radical (unpaired) electrons. The van der Waals surface area contributed by atoms with Gasteiger partial charge in [-0.1, -0.05) is 0 Å². The van der Waals surface area contributed by atoms with Crippen molar-refractivity contribution in [1.82, 2.24) is 5.32 Å². The summed E-state index contributed by atoms with van der Waals surface area (Å²) >= 11 is 0. The molecule has 96 valence electrons. The van der Waals surface area contributed by atoms with Gasteiger partial charge in [0.2, 0.25) is 0 Å². The van der Waals surface area contributed by atoms with Gasteiger partial charge in [0.15, 0.2) is 11.6 Å². The lowest BCUT2D eigenvalue weighted by Gasteiger charge is -2.15. The van der Waals surface area contributed by atoms with Crippen LogP contribution in [0.1, 0.15) is 18.1 Å². The van der Waals surface area contributed by atoms with Gasteiger partial charge in [0, 0.05) is 12.5 Å². The van der Waals surface area contributed by atoms with E-state index >= 15 is 0 Å². The molecule has 0 aliphatic heterocycles. The van der Waals surface area contributed by atoms with E-state index in [0.29, 0.717) is 18.5 Å². The smallest absolute Gasteiger partial charge is 0.270 e. The number of rotatable bonds is 5. The summed E-state index contributed by atoms with van der Waals surface area (Å²) in [6.07, 6.45) is 0.431. The van der Waals surface area contributed by atoms with Gasteiger partial charge in [0.1, 0.15) is 0 Å². The minimum atomic E-state index is -3.05. The molecular weight excluding hydrogens is 231 g/mol. The predicted molar refractivity (Wildman–Crippen MR) is 60.2 cm³/mol. The van der Waals surface area contributed by atoms with E-state index in [1.165, 1.54) is 13.2 Å². The lowest BCUT2D eigenvalue weighted by atomic mass is 10.0. The number of halogens is 3. The average Bonchev–Trinajstić information content (AvgIpc) is 2.24. The maximum atomic E-state index is 13.6. The lowest BCUT2D eigenvalue weighted by Crippen LogP contribution is -2.14. The highest BCUT2D eigenvalue weighted by Gasteiger charge is 2.27. The van der Waals surface area contributed by atoms with Gasteiger partial charge in [-0.05, 0) is 37.7 Å². The molecule has 0 bridgehead atoms. The number of methoxy groups -OCH3 is 1. The normalized spacial score (nSPS) is 11.6. The molecule has 1 rings (SSSR count). The Morgan fingerprint density at radius 3 is 2.47 bits per heavy atom. The first-order valence-corrected chi connectivity index (χ1v) is 5.29. The molecule has 0 saturated heterocycles. The van der Waals surface area contributed by atoms with Gasteiger partial charge >= 0.3 is 0 Å². The summed E-state index contributed by atoms with van der Waals surface area (Å²) in [6.45, 7) is 1.31. The summed E-state index contributed by atoms with van der Waals surface area (Å²) in [5.41, 5.74) is 0.111. The molecule has 0 aromatic heterocycles. The number of benzene rings is 1. The van der Waals surface area contributed by atoms with Crippen molar-refractivity contribution in [2.24, 2.45) is 0 Å². The highest BCUT2D eigenvalue weighted by molar-refractivity contribution is 5.40. The van der Waals surface area contributed by atoms with Crippen molar-refractivity contribution in [1.29, 1.82) is 0 Å². The van der Waals surface area contributed by atoms with Gasteiger partial charge in [0.25, 0.3) is 5.92 Å². The highest BCUT2D eigenvalue weighted by Crippen LogP contribution is 2.33. The topological polar surface area (TPSA) is 21.3 Å². The van der Waals surface area contributed by atoms with Crippen LogP contribution >= 0.6 is 0 Å². The van der Waals surface area contributed by atoms with Crippen molar-refractivity contribution in [2.45, 2.75) is 19.3 Å². The monoisotopic (exact) mass is 247 g/mol. The molecule has 1 aromatic carbocycles. The van der Waals surface area contributed by atoms with E-state index in [0.717, 1.165) is 13.0 Å². The van der Waals surface area contributed by atoms with Gasteiger partial charge in [-0.2, -0.15) is 0 Å². The standard InChI is InChI=1S/C12H16F3NO/c1-12(14,15)9-6-8(4-5-16-2)11(17-3)10(13)7-9/h6-7,16H,4-5H2,1-3H3. The van der Waals surface area contributed by atoms with E-state index in [4.69, 9.17) is 4.74 Å². The van der Waals surface area contributed by atoms with Crippen molar-refractivity contribution in [3.8, 4) is 5.75 Å². The molecule has 0 saturated carbocycles. The second-order valence-electron chi connectivity index (χ2n) is 3.89. The molecule has 5 heteroatoms. The third kappa shape index (κ3) is 3.36. The molecule has 0 heterocycles. The minimum absolute atomic E-state index is 0.0354. The van der Waals surface area contributed by atoms with Gasteiger partial charge in [0.05, 0.1) is 7.11 Å². The summed E-state index contributed by atoms with van der Waals surface area (Å²) in [7, 11) is 3.06. The van der Waals surface area contributed by atoms with Crippen LogP contribution in [-0.4, -0.2) is 20.7 Å². The zero-order valence-corrected chi connectivity index (χ0v) is 10.1. The molecule has 0 fully saturated rings. The van der Waals surface area contributed by atoms with Crippen molar-refractivity contribution < 1.29 is 17.9 Å². The number of alkyl halides is 2. The molecular formula is C12H16F3NO. The van der Waals surface area contributed by atoms with Gasteiger partial charge in [-0.25, -0.2) is 13.2 Å². The summed E-state index contributed by atoms with van der Waals surface area (Å²) < 4.78 is 44.8. The van der Waals surface area contributed by atoms with E-state index in [1.807, 2.05) is 0 Å². The van der Waals surface area contributed by atoms with E-state index in [2.05, 4.69) is 5.32 Å². The molecule has 1 aromatic rings. The van der Waals surface area contributed by atoms with E-state index in [-0.39, 0.29) is 11.3 Å². The fraction of sp³-hybridized carbons (Fsp3) is 0.500. The maximum Gasteiger partial charge on any atom is 0.270 e. The van der Waals surface area contributed by atoms with Crippen LogP contribution in [0.4, 0.5) is 13.2 Å². The Morgan fingerprint density at radius 1 is 1.35 bits per heavy atom. The molecule has 1 N–H and O–H groups in total. The second kappa shape index (κ2) is 5.40. The van der Waals surface area contributed by atoms with Crippen LogP contribution in [0, 0.1) is 5.82 Å². The van der Waals surface area contributed by atoms with Crippen LogP contribution in [0.2, 0.25) is 0 Å². The number of ether oxygens (including phenoxy) is 1. The van der Waals surface area contributed by atoms with Crippen molar-refractivity contribution in [3.63, 3.8) is 0 Å². The Kier molecular flexibility index (Phi) is 4.40. The Balaban J connectivity index is 3.19. The van der Waals surface area contributed by atoms with Crippen LogP contribution in [-0.2, 0) is 12.3 Å². The number of likely N-dealkylation sites (N-methyl/N-ethyl adjacent to an activating group) is 1. The van der Waals surface area contributed by atoms with Crippen LogP contribution in [0.15, 0.2) is 12.1 Å².